The van der Waals surface area contributed by atoms with E-state index in [1.807, 2.05) is 6.08 Å². The molecule has 2 aromatic rings. The molecule has 2 rings (SSSR count). The average Bonchev–Trinajstić information content (AvgIpc) is 2.48. The molecule has 0 bridgehead atoms. The maximum atomic E-state index is 12.6. The summed E-state index contributed by atoms with van der Waals surface area (Å²) in [6.45, 7) is 0. The van der Waals surface area contributed by atoms with Crippen LogP contribution in [0.4, 0.5) is 13.2 Å². The summed E-state index contributed by atoms with van der Waals surface area (Å²) in [6, 6.07) is 10.7. The Labute approximate surface area is 119 Å². The zero-order valence-electron chi connectivity index (χ0n) is 10.8. The van der Waals surface area contributed by atoms with Crippen LogP contribution in [0.25, 0.3) is 12.2 Å². The molecule has 0 atom stereocenters. The van der Waals surface area contributed by atoms with Crippen LogP contribution in [0.2, 0.25) is 0 Å². The van der Waals surface area contributed by atoms with E-state index in [4.69, 9.17) is 5.11 Å². The summed E-state index contributed by atoms with van der Waals surface area (Å²) in [5.74, 6) is 0.172. The van der Waals surface area contributed by atoms with Crippen molar-refractivity contribution in [3.05, 3.63) is 71.8 Å². The van der Waals surface area contributed by atoms with Crippen molar-refractivity contribution in [3.63, 3.8) is 0 Å². The van der Waals surface area contributed by atoms with Gasteiger partial charge in [0.05, 0.1) is 0 Å². The highest BCUT2D eigenvalue weighted by molar-refractivity contribution is 5.70. The number of ether oxygens (including phenoxy) is 1. The number of hydrogen-bond acceptors (Lipinski definition) is 2. The Kier molecular flexibility index (Phi) is 4.66. The van der Waals surface area contributed by atoms with Gasteiger partial charge in [0.1, 0.15) is 11.5 Å². The minimum absolute atomic E-state index is 0.0120. The molecule has 0 unspecified atom stereocenters. The minimum Gasteiger partial charge on any atom is -0.508 e. The Morgan fingerprint density at radius 2 is 1.29 bits per heavy atom. The molecule has 0 saturated heterocycles. The zero-order valence-corrected chi connectivity index (χ0v) is 10.8. The van der Waals surface area contributed by atoms with Gasteiger partial charge in [0.2, 0.25) is 0 Å². The molecular weight excluding hydrogens is 281 g/mol. The first-order valence-electron chi connectivity index (χ1n) is 6.00. The van der Waals surface area contributed by atoms with Gasteiger partial charge >= 0.3 is 12.1 Å². The van der Waals surface area contributed by atoms with E-state index in [2.05, 4.69) is 4.74 Å². The molecule has 108 valence electrons. The topological polar surface area (TPSA) is 29.5 Å². The Bertz CT molecular complexity index is 655. The minimum atomic E-state index is -2.49. The summed E-state index contributed by atoms with van der Waals surface area (Å²) in [7, 11) is 0. The van der Waals surface area contributed by atoms with Gasteiger partial charge in [0, 0.05) is 0 Å². The third-order valence-corrected chi connectivity index (χ3v) is 2.60. The van der Waals surface area contributed by atoms with E-state index in [0.717, 1.165) is 11.1 Å². The molecule has 0 saturated carbocycles. The van der Waals surface area contributed by atoms with Gasteiger partial charge in [-0.15, -0.1) is 0 Å². The van der Waals surface area contributed by atoms with E-state index in [1.165, 1.54) is 12.1 Å². The van der Waals surface area contributed by atoms with Crippen molar-refractivity contribution in [1.82, 2.24) is 0 Å². The lowest BCUT2D eigenvalue weighted by Crippen LogP contribution is -1.90. The van der Waals surface area contributed by atoms with Crippen molar-refractivity contribution in [2.75, 3.05) is 0 Å². The van der Waals surface area contributed by atoms with Crippen LogP contribution in [0.3, 0.4) is 0 Å². The third-order valence-electron chi connectivity index (χ3n) is 2.60. The molecule has 0 heterocycles. The molecule has 21 heavy (non-hydrogen) atoms. The van der Waals surface area contributed by atoms with Gasteiger partial charge in [-0.2, -0.15) is 13.2 Å². The number of hydrogen-bond donors (Lipinski definition) is 1. The van der Waals surface area contributed by atoms with Crippen LogP contribution in [0.1, 0.15) is 11.1 Å². The summed E-state index contributed by atoms with van der Waals surface area (Å²) in [6.07, 6.45) is 1.11. The first-order valence-corrected chi connectivity index (χ1v) is 6.00. The molecule has 5 heteroatoms. The van der Waals surface area contributed by atoms with Gasteiger partial charge in [-0.25, -0.2) is 0 Å². The van der Waals surface area contributed by atoms with Gasteiger partial charge < -0.3 is 9.84 Å². The summed E-state index contributed by atoms with van der Waals surface area (Å²) in [5, 5.41) is 9.16. The fourth-order valence-corrected chi connectivity index (χ4v) is 1.57. The molecule has 0 amide bonds. The number of phenols is 1. The first-order chi connectivity index (χ1) is 10.0. The summed E-state index contributed by atoms with van der Waals surface area (Å²) < 4.78 is 40.7. The number of aromatic hydroxyl groups is 1. The van der Waals surface area contributed by atoms with Crippen LogP contribution in [0, 0.1) is 0 Å². The van der Waals surface area contributed by atoms with Crippen molar-refractivity contribution in [3.8, 4) is 11.5 Å². The molecule has 1 N–H and O–H groups in total. The second-order valence-corrected chi connectivity index (χ2v) is 4.13. The van der Waals surface area contributed by atoms with E-state index in [1.54, 1.807) is 42.5 Å². The van der Waals surface area contributed by atoms with Crippen molar-refractivity contribution in [2.45, 2.75) is 0 Å². The Balaban J connectivity index is 2.05. The van der Waals surface area contributed by atoms with Crippen LogP contribution >= 0.6 is 0 Å². The summed E-state index contributed by atoms with van der Waals surface area (Å²) >= 11 is 0. The second kappa shape index (κ2) is 6.65. The highest BCUT2D eigenvalue weighted by Gasteiger charge is 2.07. The lowest BCUT2D eigenvalue weighted by atomic mass is 10.1. The van der Waals surface area contributed by atoms with Crippen LogP contribution < -0.4 is 4.74 Å². The van der Waals surface area contributed by atoms with Gasteiger partial charge in [-0.05, 0) is 35.4 Å². The average molecular weight is 292 g/mol. The highest BCUT2D eigenvalue weighted by Crippen LogP contribution is 2.20. The van der Waals surface area contributed by atoms with Gasteiger partial charge in [-0.3, -0.25) is 0 Å². The predicted molar refractivity (Wildman–Crippen MR) is 74.5 cm³/mol. The van der Waals surface area contributed by atoms with Crippen molar-refractivity contribution >= 4 is 12.2 Å². The molecule has 0 aliphatic carbocycles. The zero-order chi connectivity index (χ0) is 15.2. The molecule has 2 nitrogen and oxygen atoms in total. The SMILES string of the molecule is Oc1ccc(C=Cc2ccc(OC(F)=C(F)F)cc2)cc1. The number of halogens is 3. The number of benzene rings is 2. The summed E-state index contributed by atoms with van der Waals surface area (Å²) in [4.78, 5) is 0. The van der Waals surface area contributed by atoms with E-state index >= 15 is 0 Å². The third kappa shape index (κ3) is 4.42. The molecule has 0 aromatic heterocycles. The number of phenolic OH excluding ortho intramolecular Hbond substituents is 1. The predicted octanol–water partition coefficient (Wildman–Crippen LogP) is 4.98. The Hall–Kier alpha value is -2.69. The van der Waals surface area contributed by atoms with Crippen molar-refractivity contribution in [1.29, 1.82) is 0 Å². The largest absolute Gasteiger partial charge is 0.508 e. The van der Waals surface area contributed by atoms with Crippen LogP contribution in [-0.2, 0) is 0 Å². The van der Waals surface area contributed by atoms with Crippen LogP contribution in [0.15, 0.2) is 60.6 Å². The van der Waals surface area contributed by atoms with Crippen molar-refractivity contribution in [2.24, 2.45) is 0 Å². The lowest BCUT2D eigenvalue weighted by Gasteiger charge is -2.02. The van der Waals surface area contributed by atoms with Crippen LogP contribution in [-0.4, -0.2) is 5.11 Å². The Morgan fingerprint density at radius 1 is 0.810 bits per heavy atom. The lowest BCUT2D eigenvalue weighted by molar-refractivity contribution is 0.241. The standard InChI is InChI=1S/C16H11F3O2/c17-15(18)16(19)21-14-9-5-12(6-10-14)2-1-11-3-7-13(20)8-4-11/h1-10,20H. The van der Waals surface area contributed by atoms with Crippen LogP contribution in [0.5, 0.6) is 11.5 Å². The van der Waals surface area contributed by atoms with Gasteiger partial charge in [-0.1, -0.05) is 36.4 Å². The van der Waals surface area contributed by atoms with E-state index in [9.17, 15) is 13.2 Å². The van der Waals surface area contributed by atoms with Gasteiger partial charge in [0.15, 0.2) is 0 Å². The highest BCUT2D eigenvalue weighted by atomic mass is 19.3. The van der Waals surface area contributed by atoms with Gasteiger partial charge in [0.25, 0.3) is 0 Å². The molecule has 0 radical (unpaired) electrons. The van der Waals surface area contributed by atoms with Crippen molar-refractivity contribution < 1.29 is 23.0 Å². The molecule has 2 aromatic carbocycles. The fraction of sp³-hybridized carbons (Fsp3) is 0. The maximum Gasteiger partial charge on any atom is 0.344 e. The van der Waals surface area contributed by atoms with E-state index in [-0.39, 0.29) is 11.5 Å². The molecule has 0 spiro atoms. The quantitative estimate of drug-likeness (QED) is 0.636. The molecular formula is C16H11F3O2. The second-order valence-electron chi connectivity index (χ2n) is 4.13. The monoisotopic (exact) mass is 292 g/mol. The normalized spacial score (nSPS) is 10.6. The fourth-order valence-electron chi connectivity index (χ4n) is 1.57. The maximum absolute atomic E-state index is 12.6. The molecule has 0 aliphatic heterocycles. The first kappa shape index (κ1) is 14.7. The smallest absolute Gasteiger partial charge is 0.344 e. The Morgan fingerprint density at radius 3 is 1.76 bits per heavy atom. The number of rotatable bonds is 4. The molecule has 0 fully saturated rings. The van der Waals surface area contributed by atoms with E-state index < -0.39 is 12.1 Å². The van der Waals surface area contributed by atoms with E-state index in [0.29, 0.717) is 0 Å². The summed E-state index contributed by atoms with van der Waals surface area (Å²) in [5.41, 5.74) is 1.68. The molecule has 0 aliphatic rings.